The highest BCUT2D eigenvalue weighted by Crippen LogP contribution is 2.25. The first-order valence-corrected chi connectivity index (χ1v) is 6.45. The summed E-state index contributed by atoms with van der Waals surface area (Å²) in [5.74, 6) is 0.523. The van der Waals surface area contributed by atoms with Crippen molar-refractivity contribution in [3.63, 3.8) is 0 Å². The average Bonchev–Trinajstić information content (AvgIpc) is 2.30. The van der Waals surface area contributed by atoms with E-state index in [1.807, 2.05) is 13.1 Å². The van der Waals surface area contributed by atoms with Gasteiger partial charge in [0.2, 0.25) is 0 Å². The third-order valence-electron chi connectivity index (χ3n) is 3.02. The molecule has 0 aliphatic heterocycles. The summed E-state index contributed by atoms with van der Waals surface area (Å²) in [7, 11) is 0. The van der Waals surface area contributed by atoms with E-state index >= 15 is 0 Å². The van der Waals surface area contributed by atoms with Crippen LogP contribution in [0.3, 0.4) is 0 Å². The van der Waals surface area contributed by atoms with Crippen molar-refractivity contribution in [1.82, 2.24) is 4.98 Å². The van der Waals surface area contributed by atoms with Crippen LogP contribution in [0.4, 0.5) is 5.69 Å². The molecule has 0 N–H and O–H groups in total. The first kappa shape index (κ1) is 13.3. The molecule has 3 heteroatoms. The molecular weight excluding hydrogens is 220 g/mol. The van der Waals surface area contributed by atoms with Crippen molar-refractivity contribution in [3.05, 3.63) is 23.5 Å². The second-order valence-corrected chi connectivity index (χ2v) is 4.40. The number of rotatable bonds is 5. The Bertz CT molecular complexity index is 339. The van der Waals surface area contributed by atoms with E-state index < -0.39 is 0 Å². The van der Waals surface area contributed by atoms with Crippen LogP contribution in [0, 0.1) is 6.92 Å². The summed E-state index contributed by atoms with van der Waals surface area (Å²) in [5, 5.41) is 0. The number of aryl methyl sites for hydroxylation is 1. The maximum atomic E-state index is 5.97. The van der Waals surface area contributed by atoms with Gasteiger partial charge in [0.1, 0.15) is 0 Å². The van der Waals surface area contributed by atoms with Gasteiger partial charge in [-0.1, -0.05) is 6.92 Å². The standard InChI is InChI=1S/C13H21ClN2/c1-5-11(4)16(6-2)13-7-10(3)15-9-12(13)8-14/h7,9,11H,5-6,8H2,1-4H3. The molecule has 0 amide bonds. The van der Waals surface area contributed by atoms with Gasteiger partial charge in [-0.15, -0.1) is 11.6 Å². The fourth-order valence-electron chi connectivity index (χ4n) is 1.88. The van der Waals surface area contributed by atoms with E-state index in [0.717, 1.165) is 24.2 Å². The minimum absolute atomic E-state index is 0.523. The normalized spacial score (nSPS) is 12.6. The summed E-state index contributed by atoms with van der Waals surface area (Å²) in [5.41, 5.74) is 3.40. The van der Waals surface area contributed by atoms with Gasteiger partial charge in [-0.3, -0.25) is 4.98 Å². The predicted molar refractivity (Wildman–Crippen MR) is 71.3 cm³/mol. The van der Waals surface area contributed by atoms with Crippen molar-refractivity contribution in [1.29, 1.82) is 0 Å². The lowest BCUT2D eigenvalue weighted by atomic mass is 10.1. The second kappa shape index (κ2) is 6.09. The summed E-state index contributed by atoms with van der Waals surface area (Å²) >= 11 is 5.97. The van der Waals surface area contributed by atoms with E-state index in [0.29, 0.717) is 11.9 Å². The second-order valence-electron chi connectivity index (χ2n) is 4.13. The van der Waals surface area contributed by atoms with Gasteiger partial charge in [0.25, 0.3) is 0 Å². The molecule has 1 rings (SSSR count). The molecule has 16 heavy (non-hydrogen) atoms. The van der Waals surface area contributed by atoms with Gasteiger partial charge in [0, 0.05) is 35.7 Å². The van der Waals surface area contributed by atoms with Gasteiger partial charge < -0.3 is 4.90 Å². The summed E-state index contributed by atoms with van der Waals surface area (Å²) in [6.45, 7) is 9.66. The number of halogens is 1. The van der Waals surface area contributed by atoms with Crippen LogP contribution in [0.15, 0.2) is 12.3 Å². The fraction of sp³-hybridized carbons (Fsp3) is 0.615. The minimum atomic E-state index is 0.523. The third-order valence-corrected chi connectivity index (χ3v) is 3.30. The number of pyridine rings is 1. The Morgan fingerprint density at radius 3 is 2.62 bits per heavy atom. The number of alkyl halides is 1. The first-order valence-electron chi connectivity index (χ1n) is 5.92. The zero-order valence-electron chi connectivity index (χ0n) is 10.6. The molecule has 0 saturated carbocycles. The van der Waals surface area contributed by atoms with Crippen molar-refractivity contribution in [2.45, 2.75) is 46.0 Å². The van der Waals surface area contributed by atoms with Crippen LogP contribution in [0.5, 0.6) is 0 Å². The zero-order valence-corrected chi connectivity index (χ0v) is 11.4. The number of nitrogens with zero attached hydrogens (tertiary/aromatic N) is 2. The van der Waals surface area contributed by atoms with Gasteiger partial charge in [-0.2, -0.15) is 0 Å². The van der Waals surface area contributed by atoms with Crippen LogP contribution in [0.2, 0.25) is 0 Å². The maximum Gasteiger partial charge on any atom is 0.0509 e. The van der Waals surface area contributed by atoms with Crippen LogP contribution in [0.1, 0.15) is 38.4 Å². The van der Waals surface area contributed by atoms with Crippen molar-refractivity contribution in [2.75, 3.05) is 11.4 Å². The highest BCUT2D eigenvalue weighted by molar-refractivity contribution is 6.17. The molecule has 0 aliphatic rings. The van der Waals surface area contributed by atoms with Crippen molar-refractivity contribution in [2.24, 2.45) is 0 Å². The van der Waals surface area contributed by atoms with Crippen molar-refractivity contribution < 1.29 is 0 Å². The minimum Gasteiger partial charge on any atom is -0.369 e. The largest absolute Gasteiger partial charge is 0.369 e. The van der Waals surface area contributed by atoms with Gasteiger partial charge in [-0.05, 0) is 33.3 Å². The highest BCUT2D eigenvalue weighted by atomic mass is 35.5. The molecular formula is C13H21ClN2. The molecule has 90 valence electrons. The Morgan fingerprint density at radius 1 is 1.44 bits per heavy atom. The van der Waals surface area contributed by atoms with Crippen LogP contribution in [-0.4, -0.2) is 17.6 Å². The fourth-order valence-corrected chi connectivity index (χ4v) is 2.09. The molecule has 0 aromatic carbocycles. The molecule has 0 saturated heterocycles. The molecule has 0 aliphatic carbocycles. The Hall–Kier alpha value is -0.760. The Labute approximate surface area is 104 Å². The summed E-state index contributed by atoms with van der Waals surface area (Å²) in [6, 6.07) is 2.67. The van der Waals surface area contributed by atoms with Gasteiger partial charge in [-0.25, -0.2) is 0 Å². The highest BCUT2D eigenvalue weighted by Gasteiger charge is 2.14. The van der Waals surface area contributed by atoms with Crippen LogP contribution >= 0.6 is 11.6 Å². The molecule has 1 atom stereocenters. The summed E-state index contributed by atoms with van der Waals surface area (Å²) < 4.78 is 0. The van der Waals surface area contributed by atoms with E-state index in [9.17, 15) is 0 Å². The Balaban J connectivity index is 3.11. The number of hydrogen-bond acceptors (Lipinski definition) is 2. The monoisotopic (exact) mass is 240 g/mol. The van der Waals surface area contributed by atoms with Gasteiger partial charge in [0.15, 0.2) is 0 Å². The number of aromatic nitrogens is 1. The molecule has 0 bridgehead atoms. The first-order chi connectivity index (χ1) is 7.63. The van der Waals surface area contributed by atoms with Crippen LogP contribution < -0.4 is 4.90 Å². The quantitative estimate of drug-likeness (QED) is 0.729. The molecule has 1 heterocycles. The lowest BCUT2D eigenvalue weighted by molar-refractivity contribution is 0.627. The molecule has 0 radical (unpaired) electrons. The Kier molecular flexibility index (Phi) is 5.07. The van der Waals surface area contributed by atoms with Gasteiger partial charge in [0.05, 0.1) is 5.88 Å². The molecule has 1 aromatic rings. The number of anilines is 1. The SMILES string of the molecule is CCC(C)N(CC)c1cc(C)ncc1CCl. The van der Waals surface area contributed by atoms with E-state index in [4.69, 9.17) is 11.6 Å². The maximum absolute atomic E-state index is 5.97. The molecule has 1 unspecified atom stereocenters. The van der Waals surface area contributed by atoms with Crippen LogP contribution in [-0.2, 0) is 5.88 Å². The smallest absolute Gasteiger partial charge is 0.0509 e. The molecule has 2 nitrogen and oxygen atoms in total. The van der Waals surface area contributed by atoms with E-state index in [2.05, 4.69) is 36.7 Å². The summed E-state index contributed by atoms with van der Waals surface area (Å²) in [6.07, 6.45) is 3.03. The summed E-state index contributed by atoms with van der Waals surface area (Å²) in [4.78, 5) is 6.70. The molecule has 0 spiro atoms. The van der Waals surface area contributed by atoms with Crippen molar-refractivity contribution in [3.8, 4) is 0 Å². The third kappa shape index (κ3) is 2.88. The molecule has 0 fully saturated rings. The predicted octanol–water partition coefficient (Wildman–Crippen LogP) is 3.75. The van der Waals surface area contributed by atoms with E-state index in [1.165, 1.54) is 5.69 Å². The van der Waals surface area contributed by atoms with Crippen LogP contribution in [0.25, 0.3) is 0 Å². The Morgan fingerprint density at radius 2 is 2.12 bits per heavy atom. The van der Waals surface area contributed by atoms with E-state index in [1.54, 1.807) is 0 Å². The lowest BCUT2D eigenvalue weighted by Crippen LogP contribution is -2.33. The average molecular weight is 241 g/mol. The number of hydrogen-bond donors (Lipinski definition) is 0. The lowest BCUT2D eigenvalue weighted by Gasteiger charge is -2.31. The van der Waals surface area contributed by atoms with E-state index in [-0.39, 0.29) is 0 Å². The zero-order chi connectivity index (χ0) is 12.1. The topological polar surface area (TPSA) is 16.1 Å². The molecule has 1 aromatic heterocycles. The van der Waals surface area contributed by atoms with Gasteiger partial charge >= 0.3 is 0 Å². The van der Waals surface area contributed by atoms with Crippen molar-refractivity contribution >= 4 is 17.3 Å².